The number of nitrogens with one attached hydrogen (secondary N) is 1. The van der Waals surface area contributed by atoms with E-state index in [1.807, 2.05) is 0 Å². The van der Waals surface area contributed by atoms with Crippen LogP contribution in [0.1, 0.15) is 23.2 Å². The molecule has 24 heavy (non-hydrogen) atoms. The summed E-state index contributed by atoms with van der Waals surface area (Å²) in [7, 11) is -3.51. The molecule has 1 saturated carbocycles. The molecule has 1 aromatic rings. The molecule has 0 bridgehead atoms. The summed E-state index contributed by atoms with van der Waals surface area (Å²) >= 11 is 0. The fraction of sp³-hybridized carbons (Fsp3) is 0.500. The van der Waals surface area contributed by atoms with Crippen molar-refractivity contribution < 1.29 is 23.1 Å². The number of rotatable bonds is 5. The summed E-state index contributed by atoms with van der Waals surface area (Å²) in [6.07, 6.45) is 3.05. The predicted molar refractivity (Wildman–Crippen MR) is 88.2 cm³/mol. The zero-order chi connectivity index (χ0) is 17.5. The normalized spacial score (nSPS) is 24.0. The van der Waals surface area contributed by atoms with Crippen molar-refractivity contribution in [1.29, 1.82) is 0 Å². The number of likely N-dealkylation sites (tertiary alicyclic amines) is 1. The summed E-state index contributed by atoms with van der Waals surface area (Å²) in [6.45, 7) is 0.580. The second-order valence-electron chi connectivity index (χ2n) is 6.58. The summed E-state index contributed by atoms with van der Waals surface area (Å²) in [6, 6.07) is 6.37. The average Bonchev–Trinajstić information content (AvgIpc) is 3.23. The number of aliphatic carboxylic acids is 1. The van der Waals surface area contributed by atoms with Gasteiger partial charge in [0.1, 0.15) is 0 Å². The molecule has 1 aromatic carbocycles. The smallest absolute Gasteiger partial charge is 0.308 e. The van der Waals surface area contributed by atoms with Crippen LogP contribution >= 0.6 is 0 Å². The highest BCUT2D eigenvalue weighted by Gasteiger charge is 2.47. The van der Waals surface area contributed by atoms with E-state index in [9.17, 15) is 23.1 Å². The second kappa shape index (κ2) is 6.08. The Labute approximate surface area is 140 Å². The summed E-state index contributed by atoms with van der Waals surface area (Å²) in [5.41, 5.74) is 0.454. The molecule has 8 heteroatoms. The number of anilines is 1. The van der Waals surface area contributed by atoms with Gasteiger partial charge in [0.25, 0.3) is 5.91 Å². The Hall–Kier alpha value is -2.09. The first-order chi connectivity index (χ1) is 11.3. The number of carbonyl (C=O) groups is 2. The van der Waals surface area contributed by atoms with Crippen LogP contribution in [0.3, 0.4) is 0 Å². The maximum atomic E-state index is 12.8. The van der Waals surface area contributed by atoms with Crippen LogP contribution in [-0.2, 0) is 14.8 Å². The van der Waals surface area contributed by atoms with Crippen molar-refractivity contribution in [3.8, 4) is 0 Å². The van der Waals surface area contributed by atoms with Gasteiger partial charge in [0.15, 0.2) is 0 Å². The van der Waals surface area contributed by atoms with Crippen LogP contribution in [0.15, 0.2) is 24.3 Å². The molecule has 7 nitrogen and oxygen atoms in total. The first kappa shape index (κ1) is 16.8. The van der Waals surface area contributed by atoms with Gasteiger partial charge in [-0.2, -0.15) is 0 Å². The molecule has 0 aromatic heterocycles. The van der Waals surface area contributed by atoms with Gasteiger partial charge in [0.2, 0.25) is 10.0 Å². The Bertz CT molecular complexity index is 772. The summed E-state index contributed by atoms with van der Waals surface area (Å²) in [5, 5.41) is 9.41. The van der Waals surface area contributed by atoms with Gasteiger partial charge in [0.05, 0.1) is 23.4 Å². The van der Waals surface area contributed by atoms with Crippen molar-refractivity contribution in [3.05, 3.63) is 29.8 Å². The number of carbonyl (C=O) groups excluding carboxylic acids is 1. The molecule has 1 aliphatic heterocycles. The molecule has 2 fully saturated rings. The van der Waals surface area contributed by atoms with E-state index >= 15 is 0 Å². The lowest BCUT2D eigenvalue weighted by Crippen LogP contribution is -2.30. The van der Waals surface area contributed by atoms with Crippen LogP contribution in [0, 0.1) is 17.8 Å². The molecule has 1 amide bonds. The molecule has 2 atom stereocenters. The molecule has 0 unspecified atom stereocenters. The Morgan fingerprint density at radius 2 is 1.88 bits per heavy atom. The fourth-order valence-electron chi connectivity index (χ4n) is 3.39. The Morgan fingerprint density at radius 3 is 2.46 bits per heavy atom. The number of amides is 1. The van der Waals surface area contributed by atoms with Crippen LogP contribution < -0.4 is 4.72 Å². The van der Waals surface area contributed by atoms with Gasteiger partial charge in [-0.05, 0) is 36.8 Å². The zero-order valence-corrected chi connectivity index (χ0v) is 14.1. The van der Waals surface area contributed by atoms with Crippen molar-refractivity contribution >= 4 is 27.6 Å². The lowest BCUT2D eigenvalue weighted by molar-refractivity contribution is -0.142. The molecule has 130 valence electrons. The van der Waals surface area contributed by atoms with Gasteiger partial charge >= 0.3 is 5.97 Å². The number of sulfonamides is 1. The minimum atomic E-state index is -3.51. The van der Waals surface area contributed by atoms with Crippen molar-refractivity contribution in [2.75, 3.05) is 24.1 Å². The molecule has 2 aliphatic rings. The van der Waals surface area contributed by atoms with Crippen molar-refractivity contribution in [1.82, 2.24) is 4.90 Å². The molecule has 1 heterocycles. The standard InChI is InChI=1S/C16H20N2O5S/c1-24(22,23)17-14-5-3-2-4-11(14)15(19)18-8-12(10-6-7-10)13(9-18)16(20)21/h2-5,10,12-13,17H,6-9H2,1H3,(H,20,21)/t12-,13+/m1/s1. The van der Waals surface area contributed by atoms with Gasteiger partial charge in [-0.3, -0.25) is 14.3 Å². The van der Waals surface area contributed by atoms with Gasteiger partial charge < -0.3 is 10.0 Å². The number of hydrogen-bond acceptors (Lipinski definition) is 4. The van der Waals surface area contributed by atoms with Gasteiger partial charge in [-0.15, -0.1) is 0 Å². The predicted octanol–water partition coefficient (Wildman–Crippen LogP) is 1.24. The molecular weight excluding hydrogens is 332 g/mol. The molecule has 1 aliphatic carbocycles. The van der Waals surface area contributed by atoms with E-state index in [0.717, 1.165) is 19.1 Å². The number of hydrogen-bond donors (Lipinski definition) is 2. The minimum absolute atomic E-state index is 0.0125. The molecule has 0 spiro atoms. The van der Waals surface area contributed by atoms with Crippen molar-refractivity contribution in [2.24, 2.45) is 17.8 Å². The number of nitrogens with zero attached hydrogens (tertiary/aromatic N) is 1. The van der Waals surface area contributed by atoms with Gasteiger partial charge in [-0.25, -0.2) is 8.42 Å². The van der Waals surface area contributed by atoms with Gasteiger partial charge in [0, 0.05) is 13.1 Å². The second-order valence-corrected chi connectivity index (χ2v) is 8.32. The summed E-state index contributed by atoms with van der Waals surface area (Å²) in [4.78, 5) is 25.8. The largest absolute Gasteiger partial charge is 0.481 e. The number of carboxylic acid groups (broad SMARTS) is 1. The monoisotopic (exact) mass is 352 g/mol. The van der Waals surface area contributed by atoms with Gasteiger partial charge in [-0.1, -0.05) is 12.1 Å². The van der Waals surface area contributed by atoms with E-state index in [2.05, 4.69) is 4.72 Å². The Balaban J connectivity index is 1.83. The minimum Gasteiger partial charge on any atom is -0.481 e. The van der Waals surface area contributed by atoms with E-state index in [1.165, 1.54) is 11.0 Å². The number of carboxylic acids is 1. The molecule has 3 rings (SSSR count). The summed E-state index contributed by atoms with van der Waals surface area (Å²) in [5.74, 6) is -1.38. The highest BCUT2D eigenvalue weighted by Crippen LogP contribution is 2.44. The third-order valence-electron chi connectivity index (χ3n) is 4.65. The van der Waals surface area contributed by atoms with E-state index in [0.29, 0.717) is 12.5 Å². The van der Waals surface area contributed by atoms with Crippen LogP contribution in [0.5, 0.6) is 0 Å². The van der Waals surface area contributed by atoms with Crippen LogP contribution in [0.2, 0.25) is 0 Å². The average molecular weight is 352 g/mol. The third-order valence-corrected chi connectivity index (χ3v) is 5.24. The highest BCUT2D eigenvalue weighted by molar-refractivity contribution is 7.92. The first-order valence-electron chi connectivity index (χ1n) is 7.85. The van der Waals surface area contributed by atoms with E-state index in [4.69, 9.17) is 0 Å². The van der Waals surface area contributed by atoms with E-state index in [1.54, 1.807) is 18.2 Å². The SMILES string of the molecule is CS(=O)(=O)Nc1ccccc1C(=O)N1C[C@H](C(=O)O)[C@@H](C2CC2)C1. The Kier molecular flexibility index (Phi) is 4.25. The lowest BCUT2D eigenvalue weighted by Gasteiger charge is -2.18. The molecule has 2 N–H and O–H groups in total. The molecule has 0 radical (unpaired) electrons. The summed E-state index contributed by atoms with van der Waals surface area (Å²) < 4.78 is 25.3. The zero-order valence-electron chi connectivity index (χ0n) is 13.3. The number of para-hydroxylation sites is 1. The molecule has 1 saturated heterocycles. The number of benzene rings is 1. The van der Waals surface area contributed by atoms with E-state index in [-0.39, 0.29) is 29.6 Å². The quantitative estimate of drug-likeness (QED) is 0.830. The highest BCUT2D eigenvalue weighted by atomic mass is 32.2. The van der Waals surface area contributed by atoms with E-state index < -0.39 is 21.9 Å². The van der Waals surface area contributed by atoms with Crippen molar-refractivity contribution in [3.63, 3.8) is 0 Å². The third kappa shape index (κ3) is 3.53. The van der Waals surface area contributed by atoms with Crippen LogP contribution in [0.25, 0.3) is 0 Å². The Morgan fingerprint density at radius 1 is 1.21 bits per heavy atom. The van der Waals surface area contributed by atoms with Crippen molar-refractivity contribution in [2.45, 2.75) is 12.8 Å². The topological polar surface area (TPSA) is 104 Å². The van der Waals surface area contributed by atoms with Crippen LogP contribution in [-0.4, -0.2) is 49.6 Å². The maximum absolute atomic E-state index is 12.8. The van der Waals surface area contributed by atoms with Crippen LogP contribution in [0.4, 0.5) is 5.69 Å². The first-order valence-corrected chi connectivity index (χ1v) is 9.74. The molecular formula is C16H20N2O5S. The lowest BCUT2D eigenvalue weighted by atomic mass is 9.92. The fourth-order valence-corrected chi connectivity index (χ4v) is 3.96. The maximum Gasteiger partial charge on any atom is 0.308 e.